The van der Waals surface area contributed by atoms with Crippen molar-refractivity contribution in [3.8, 4) is 5.75 Å². The molecule has 1 aliphatic carbocycles. The molecule has 0 heterocycles. The maximum absolute atomic E-state index is 13.3. The normalized spacial score (nSPS) is 14.5. The van der Waals surface area contributed by atoms with E-state index in [9.17, 15) is 13.2 Å². The highest BCUT2D eigenvalue weighted by molar-refractivity contribution is 7.92. The standard InChI is InChI=1S/C22H27N3O4S/c1-29-20-13-15-21(16-14-20)30(27,28)25(19-11-7-4-8-12-19)17-22(26)24-23-18-9-5-2-3-6-10-18/h4,7-8,11-16H,2-3,5-6,9-10,17H2,1H3,(H,24,26). The van der Waals surface area contributed by atoms with E-state index in [-0.39, 0.29) is 11.4 Å². The van der Waals surface area contributed by atoms with Crippen LogP contribution in [-0.2, 0) is 14.8 Å². The number of hydrogen-bond acceptors (Lipinski definition) is 5. The van der Waals surface area contributed by atoms with Gasteiger partial charge in [0.15, 0.2) is 0 Å². The smallest absolute Gasteiger partial charge is 0.264 e. The Balaban J connectivity index is 1.82. The molecule has 1 aliphatic rings. The van der Waals surface area contributed by atoms with Gasteiger partial charge in [-0.05, 0) is 62.1 Å². The van der Waals surface area contributed by atoms with E-state index in [1.165, 1.54) is 32.1 Å². The number of para-hydroxylation sites is 1. The van der Waals surface area contributed by atoms with E-state index in [1.54, 1.807) is 42.5 Å². The van der Waals surface area contributed by atoms with Crippen LogP contribution in [0.3, 0.4) is 0 Å². The largest absolute Gasteiger partial charge is 0.497 e. The van der Waals surface area contributed by atoms with Crippen LogP contribution in [0, 0.1) is 0 Å². The number of nitrogens with one attached hydrogen (secondary N) is 1. The number of carbonyl (C=O) groups excluding carboxylic acids is 1. The molecule has 30 heavy (non-hydrogen) atoms. The molecular formula is C22H27N3O4S. The summed E-state index contributed by atoms with van der Waals surface area (Å²) in [6.07, 6.45) is 6.22. The van der Waals surface area contributed by atoms with Crippen LogP contribution < -0.4 is 14.5 Å². The first-order chi connectivity index (χ1) is 14.5. The molecule has 1 saturated carbocycles. The van der Waals surface area contributed by atoms with Crippen molar-refractivity contribution in [2.24, 2.45) is 5.10 Å². The molecule has 2 aromatic carbocycles. The summed E-state index contributed by atoms with van der Waals surface area (Å²) in [4.78, 5) is 12.7. The van der Waals surface area contributed by atoms with Crippen LogP contribution in [0.15, 0.2) is 64.6 Å². The number of nitrogens with zero attached hydrogens (tertiary/aromatic N) is 2. The maximum Gasteiger partial charge on any atom is 0.264 e. The van der Waals surface area contributed by atoms with Crippen molar-refractivity contribution in [2.75, 3.05) is 18.0 Å². The zero-order chi connectivity index (χ0) is 21.4. The SMILES string of the molecule is COc1ccc(S(=O)(=O)N(CC(=O)NN=C2CCCCCC2)c2ccccc2)cc1. The Morgan fingerprint density at radius 1 is 1.00 bits per heavy atom. The van der Waals surface area contributed by atoms with Crippen LogP contribution in [0.5, 0.6) is 5.75 Å². The molecule has 0 radical (unpaired) electrons. The quantitative estimate of drug-likeness (QED) is 0.537. The predicted octanol–water partition coefficient (Wildman–Crippen LogP) is 3.72. The van der Waals surface area contributed by atoms with Crippen molar-refractivity contribution < 1.29 is 17.9 Å². The third kappa shape index (κ3) is 5.60. The Bertz CT molecular complexity index is 963. The van der Waals surface area contributed by atoms with E-state index in [0.717, 1.165) is 35.7 Å². The van der Waals surface area contributed by atoms with E-state index in [4.69, 9.17) is 4.74 Å². The molecule has 0 saturated heterocycles. The maximum atomic E-state index is 13.3. The number of ether oxygens (including phenoxy) is 1. The first-order valence-corrected chi connectivity index (χ1v) is 11.5. The number of anilines is 1. The minimum atomic E-state index is -3.95. The molecule has 1 N–H and O–H groups in total. The van der Waals surface area contributed by atoms with Gasteiger partial charge in [0.1, 0.15) is 12.3 Å². The molecule has 0 bridgehead atoms. The fourth-order valence-corrected chi connectivity index (χ4v) is 4.76. The lowest BCUT2D eigenvalue weighted by atomic mass is 10.2. The van der Waals surface area contributed by atoms with Gasteiger partial charge in [-0.3, -0.25) is 9.10 Å². The molecule has 3 rings (SSSR count). The molecule has 0 spiro atoms. The molecule has 2 aromatic rings. The van der Waals surface area contributed by atoms with Crippen LogP contribution in [0.4, 0.5) is 5.69 Å². The Kier molecular flexibility index (Phi) is 7.46. The van der Waals surface area contributed by atoms with Gasteiger partial charge in [0.2, 0.25) is 0 Å². The molecule has 160 valence electrons. The van der Waals surface area contributed by atoms with E-state index in [2.05, 4.69) is 10.5 Å². The van der Waals surface area contributed by atoms with Gasteiger partial charge in [-0.2, -0.15) is 5.10 Å². The Labute approximate surface area is 177 Å². The zero-order valence-corrected chi connectivity index (χ0v) is 17.9. The zero-order valence-electron chi connectivity index (χ0n) is 17.1. The highest BCUT2D eigenvalue weighted by Crippen LogP contribution is 2.25. The minimum absolute atomic E-state index is 0.0787. The molecule has 0 aromatic heterocycles. The van der Waals surface area contributed by atoms with Crippen molar-refractivity contribution in [3.05, 3.63) is 54.6 Å². The van der Waals surface area contributed by atoms with Crippen molar-refractivity contribution in [3.63, 3.8) is 0 Å². The molecule has 8 heteroatoms. The number of carbonyl (C=O) groups is 1. The monoisotopic (exact) mass is 429 g/mol. The van der Waals surface area contributed by atoms with Crippen LogP contribution in [0.25, 0.3) is 0 Å². The minimum Gasteiger partial charge on any atom is -0.497 e. The lowest BCUT2D eigenvalue weighted by molar-refractivity contribution is -0.119. The van der Waals surface area contributed by atoms with Crippen molar-refractivity contribution in [2.45, 2.75) is 43.4 Å². The number of benzene rings is 2. The first kappa shape index (κ1) is 21.8. The van der Waals surface area contributed by atoms with Gasteiger partial charge < -0.3 is 4.74 Å². The van der Waals surface area contributed by atoms with Crippen LogP contribution in [0.2, 0.25) is 0 Å². The summed E-state index contributed by atoms with van der Waals surface area (Å²) >= 11 is 0. The number of methoxy groups -OCH3 is 1. The van der Waals surface area contributed by atoms with Gasteiger partial charge >= 0.3 is 0 Å². The van der Waals surface area contributed by atoms with E-state index < -0.39 is 15.9 Å². The third-order valence-electron chi connectivity index (χ3n) is 5.00. The molecular weight excluding hydrogens is 402 g/mol. The van der Waals surface area contributed by atoms with Gasteiger partial charge in [0, 0.05) is 5.71 Å². The molecule has 1 fully saturated rings. The van der Waals surface area contributed by atoms with Gasteiger partial charge in [0.25, 0.3) is 15.9 Å². The predicted molar refractivity (Wildman–Crippen MR) is 117 cm³/mol. The van der Waals surface area contributed by atoms with Crippen molar-refractivity contribution in [1.29, 1.82) is 0 Å². The highest BCUT2D eigenvalue weighted by Gasteiger charge is 2.27. The summed E-state index contributed by atoms with van der Waals surface area (Å²) in [5, 5.41) is 4.25. The lowest BCUT2D eigenvalue weighted by Gasteiger charge is -2.23. The summed E-state index contributed by atoms with van der Waals surface area (Å²) in [7, 11) is -2.44. The number of rotatable bonds is 7. The van der Waals surface area contributed by atoms with Crippen LogP contribution in [0.1, 0.15) is 38.5 Å². The number of amides is 1. The second kappa shape index (κ2) is 10.2. The third-order valence-corrected chi connectivity index (χ3v) is 6.79. The van der Waals surface area contributed by atoms with E-state index in [1.807, 2.05) is 0 Å². The molecule has 0 aliphatic heterocycles. The molecule has 0 atom stereocenters. The van der Waals surface area contributed by atoms with Crippen LogP contribution in [-0.4, -0.2) is 33.7 Å². The summed E-state index contributed by atoms with van der Waals surface area (Å²) < 4.78 is 32.8. The topological polar surface area (TPSA) is 88.1 Å². The second-order valence-corrected chi connectivity index (χ2v) is 9.01. The van der Waals surface area contributed by atoms with Gasteiger partial charge in [-0.1, -0.05) is 31.0 Å². The second-order valence-electron chi connectivity index (χ2n) is 7.15. The molecule has 7 nitrogen and oxygen atoms in total. The fraction of sp³-hybridized carbons (Fsp3) is 0.364. The Morgan fingerprint density at radius 3 is 2.23 bits per heavy atom. The fourth-order valence-electron chi connectivity index (χ4n) is 3.34. The number of sulfonamides is 1. The van der Waals surface area contributed by atoms with Gasteiger partial charge in [-0.15, -0.1) is 0 Å². The van der Waals surface area contributed by atoms with E-state index >= 15 is 0 Å². The first-order valence-electron chi connectivity index (χ1n) is 10.1. The summed E-state index contributed by atoms with van der Waals surface area (Å²) in [5.74, 6) is 0.0739. The average molecular weight is 430 g/mol. The van der Waals surface area contributed by atoms with E-state index in [0.29, 0.717) is 11.4 Å². The van der Waals surface area contributed by atoms with Crippen molar-refractivity contribution >= 4 is 27.3 Å². The Hall–Kier alpha value is -2.87. The van der Waals surface area contributed by atoms with Crippen LogP contribution >= 0.6 is 0 Å². The number of hydrogen-bond donors (Lipinski definition) is 1. The number of hydrazone groups is 1. The molecule has 0 unspecified atom stereocenters. The summed E-state index contributed by atoms with van der Waals surface area (Å²) in [6.45, 7) is -0.366. The average Bonchev–Trinajstić information content (AvgIpc) is 3.05. The lowest BCUT2D eigenvalue weighted by Crippen LogP contribution is -2.39. The summed E-state index contributed by atoms with van der Waals surface area (Å²) in [5.41, 5.74) is 3.92. The summed E-state index contributed by atoms with van der Waals surface area (Å²) in [6, 6.07) is 14.7. The highest BCUT2D eigenvalue weighted by atomic mass is 32.2. The Morgan fingerprint density at radius 2 is 1.63 bits per heavy atom. The van der Waals surface area contributed by atoms with Crippen molar-refractivity contribution in [1.82, 2.24) is 5.43 Å². The van der Waals surface area contributed by atoms with Gasteiger partial charge in [-0.25, -0.2) is 13.8 Å². The molecule has 1 amide bonds. The van der Waals surface area contributed by atoms with Gasteiger partial charge in [0.05, 0.1) is 17.7 Å².